The number of nitrogens with zero attached hydrogens (tertiary/aromatic N) is 2. The Morgan fingerprint density at radius 1 is 0.396 bits per heavy atom. The van der Waals surface area contributed by atoms with E-state index in [1.54, 1.807) is 11.3 Å². The highest BCUT2D eigenvalue weighted by molar-refractivity contribution is 7.25. The van der Waals surface area contributed by atoms with E-state index in [9.17, 15) is 0 Å². The van der Waals surface area contributed by atoms with Crippen LogP contribution >= 0.6 is 22.7 Å². The number of fused-ring (bicyclic) bond motifs is 10. The van der Waals surface area contributed by atoms with Crippen LogP contribution in [0.15, 0.2) is 182 Å². The summed E-state index contributed by atoms with van der Waals surface area (Å²) in [5.41, 5.74) is 7.99. The zero-order chi connectivity index (χ0) is 34.9. The van der Waals surface area contributed by atoms with Gasteiger partial charge in [0.1, 0.15) is 5.01 Å². The molecule has 0 saturated heterocycles. The zero-order valence-electron chi connectivity index (χ0n) is 28.5. The summed E-state index contributed by atoms with van der Waals surface area (Å²) in [6, 6.07) is 66.2. The van der Waals surface area contributed by atoms with E-state index in [0.29, 0.717) is 0 Å². The van der Waals surface area contributed by atoms with E-state index in [1.165, 1.54) is 68.3 Å². The molecule has 0 amide bonds. The predicted molar refractivity (Wildman–Crippen MR) is 231 cm³/mol. The highest BCUT2D eigenvalue weighted by atomic mass is 32.1. The Kier molecular flexibility index (Phi) is 6.94. The number of benzene rings is 9. The van der Waals surface area contributed by atoms with E-state index < -0.39 is 0 Å². The molecule has 0 aliphatic heterocycles. The maximum absolute atomic E-state index is 5.16. The largest absolute Gasteiger partial charge is 0.310 e. The lowest BCUT2D eigenvalue weighted by Crippen LogP contribution is -2.10. The van der Waals surface area contributed by atoms with Crippen molar-refractivity contribution in [2.45, 2.75) is 0 Å². The molecule has 9 aromatic carbocycles. The predicted octanol–water partition coefficient (Wildman–Crippen LogP) is 14.9. The molecule has 0 aliphatic rings. The molecule has 0 atom stereocenters. The minimum Gasteiger partial charge on any atom is -0.310 e. The van der Waals surface area contributed by atoms with Gasteiger partial charge in [-0.3, -0.25) is 0 Å². The summed E-state index contributed by atoms with van der Waals surface area (Å²) in [5.74, 6) is 0. The smallest absolute Gasteiger partial charge is 0.124 e. The fraction of sp³-hybridized carbons (Fsp3) is 0. The van der Waals surface area contributed by atoms with Gasteiger partial charge in [-0.15, -0.1) is 22.7 Å². The zero-order valence-corrected chi connectivity index (χ0v) is 30.2. The van der Waals surface area contributed by atoms with Crippen molar-refractivity contribution in [3.8, 4) is 21.7 Å². The molecule has 4 heteroatoms. The summed E-state index contributed by atoms with van der Waals surface area (Å²) in [5, 5.41) is 11.1. The average Bonchev–Trinajstić information content (AvgIpc) is 3.83. The summed E-state index contributed by atoms with van der Waals surface area (Å²) >= 11 is 3.65. The highest BCUT2D eigenvalue weighted by Gasteiger charge is 2.21. The summed E-state index contributed by atoms with van der Waals surface area (Å²) < 4.78 is 3.81. The van der Waals surface area contributed by atoms with Gasteiger partial charge in [0.2, 0.25) is 0 Å². The molecule has 0 radical (unpaired) electrons. The SMILES string of the molecule is c1ccc(-c2ccc(N(c3ccc4c(c3)sc3ccccc34)c3cc4ccccc4c4c3ccc3ccc5nc(-c6ccccc6)sc5c34)cc2)cc1. The lowest BCUT2D eigenvalue weighted by molar-refractivity contribution is 1.31. The average molecular weight is 711 g/mol. The van der Waals surface area contributed by atoms with Gasteiger partial charge in [-0.2, -0.15) is 0 Å². The van der Waals surface area contributed by atoms with Gasteiger partial charge in [0.05, 0.1) is 15.9 Å². The number of thiazole rings is 1. The quantitative estimate of drug-likeness (QED) is 0.165. The van der Waals surface area contributed by atoms with Crippen LogP contribution in [0, 0.1) is 0 Å². The van der Waals surface area contributed by atoms with Crippen molar-refractivity contribution in [1.82, 2.24) is 4.98 Å². The molecule has 0 saturated carbocycles. The third kappa shape index (κ3) is 4.95. The van der Waals surface area contributed by atoms with Crippen molar-refractivity contribution in [2.75, 3.05) is 4.90 Å². The van der Waals surface area contributed by atoms with E-state index in [2.05, 4.69) is 187 Å². The normalized spacial score (nSPS) is 11.8. The Morgan fingerprint density at radius 3 is 1.87 bits per heavy atom. The number of hydrogen-bond acceptors (Lipinski definition) is 4. The Morgan fingerprint density at radius 2 is 1.04 bits per heavy atom. The van der Waals surface area contributed by atoms with Gasteiger partial charge < -0.3 is 4.90 Å². The van der Waals surface area contributed by atoms with Gasteiger partial charge in [0.25, 0.3) is 0 Å². The lowest BCUT2D eigenvalue weighted by Gasteiger charge is -2.28. The molecule has 0 fully saturated rings. The number of hydrogen-bond donors (Lipinski definition) is 0. The lowest BCUT2D eigenvalue weighted by atomic mass is 9.94. The van der Waals surface area contributed by atoms with Crippen molar-refractivity contribution >= 4 is 102 Å². The van der Waals surface area contributed by atoms with Crippen LogP contribution in [-0.2, 0) is 0 Å². The second kappa shape index (κ2) is 12.1. The van der Waals surface area contributed by atoms with Crippen molar-refractivity contribution in [2.24, 2.45) is 0 Å². The molecule has 53 heavy (non-hydrogen) atoms. The van der Waals surface area contributed by atoms with Crippen LogP contribution in [0.25, 0.3) is 84.4 Å². The monoisotopic (exact) mass is 710 g/mol. The second-order valence-corrected chi connectivity index (χ2v) is 15.6. The highest BCUT2D eigenvalue weighted by Crippen LogP contribution is 2.48. The molecule has 248 valence electrons. The number of rotatable bonds is 5. The van der Waals surface area contributed by atoms with E-state index in [0.717, 1.165) is 33.1 Å². The maximum Gasteiger partial charge on any atom is 0.124 e. The van der Waals surface area contributed by atoms with Gasteiger partial charge in [0.15, 0.2) is 0 Å². The van der Waals surface area contributed by atoms with Crippen LogP contribution in [-0.4, -0.2) is 4.98 Å². The molecule has 0 aliphatic carbocycles. The standard InChI is InChI=1S/C49H30N2S2/c1-3-11-31(12-4-1)32-19-23-36(24-20-32)51(37-25-27-40-39-17-9-10-18-44(39)52-45(40)30-37)43-29-35-15-7-8-16-38(35)47-41(43)26-21-33-22-28-42-48(46(33)47)53-49(50-42)34-13-5-2-6-14-34/h1-30H. The van der Waals surface area contributed by atoms with Crippen molar-refractivity contribution < 1.29 is 0 Å². The van der Waals surface area contributed by atoms with Crippen LogP contribution in [0.5, 0.6) is 0 Å². The first-order valence-electron chi connectivity index (χ1n) is 17.9. The number of aromatic nitrogens is 1. The third-order valence-corrected chi connectivity index (χ3v) is 12.7. The van der Waals surface area contributed by atoms with Crippen LogP contribution in [0.1, 0.15) is 0 Å². The molecule has 0 unspecified atom stereocenters. The van der Waals surface area contributed by atoms with E-state index >= 15 is 0 Å². The minimum absolute atomic E-state index is 1.03. The molecule has 0 bridgehead atoms. The van der Waals surface area contributed by atoms with Crippen LogP contribution < -0.4 is 4.90 Å². The number of anilines is 3. The van der Waals surface area contributed by atoms with Crippen molar-refractivity contribution in [3.05, 3.63) is 182 Å². The second-order valence-electron chi connectivity index (χ2n) is 13.5. The molecule has 11 aromatic rings. The summed E-state index contributed by atoms with van der Waals surface area (Å²) in [4.78, 5) is 7.62. The molecule has 2 nitrogen and oxygen atoms in total. The van der Waals surface area contributed by atoms with Gasteiger partial charge in [0, 0.05) is 53.3 Å². The molecule has 11 rings (SSSR count). The van der Waals surface area contributed by atoms with Crippen LogP contribution in [0.2, 0.25) is 0 Å². The van der Waals surface area contributed by atoms with Gasteiger partial charge in [-0.1, -0.05) is 140 Å². The van der Waals surface area contributed by atoms with Crippen molar-refractivity contribution in [1.29, 1.82) is 0 Å². The summed E-state index contributed by atoms with van der Waals surface area (Å²) in [6.45, 7) is 0. The van der Waals surface area contributed by atoms with Gasteiger partial charge >= 0.3 is 0 Å². The summed E-state index contributed by atoms with van der Waals surface area (Å²) in [6.07, 6.45) is 0. The van der Waals surface area contributed by atoms with Gasteiger partial charge in [-0.05, 0) is 69.8 Å². The first-order valence-corrected chi connectivity index (χ1v) is 19.5. The fourth-order valence-corrected chi connectivity index (χ4v) is 10.2. The molecular weight excluding hydrogens is 681 g/mol. The van der Waals surface area contributed by atoms with E-state index in [-0.39, 0.29) is 0 Å². The molecular formula is C49H30N2S2. The number of thiophene rings is 1. The van der Waals surface area contributed by atoms with Crippen molar-refractivity contribution in [3.63, 3.8) is 0 Å². The Labute approximate surface area is 314 Å². The molecule has 0 N–H and O–H groups in total. The fourth-order valence-electron chi connectivity index (χ4n) is 7.97. The Balaban J connectivity index is 1.21. The molecule has 2 heterocycles. The summed E-state index contributed by atoms with van der Waals surface area (Å²) in [7, 11) is 0. The Hall–Kier alpha value is -6.33. The topological polar surface area (TPSA) is 16.1 Å². The molecule has 2 aromatic heterocycles. The van der Waals surface area contributed by atoms with Crippen LogP contribution in [0.3, 0.4) is 0 Å². The van der Waals surface area contributed by atoms with Crippen LogP contribution in [0.4, 0.5) is 17.1 Å². The Bertz CT molecular complexity index is 3160. The maximum atomic E-state index is 5.16. The van der Waals surface area contributed by atoms with E-state index in [1.807, 2.05) is 11.3 Å². The molecule has 0 spiro atoms. The first-order chi connectivity index (χ1) is 26.3. The minimum atomic E-state index is 1.03. The first kappa shape index (κ1) is 30.3. The van der Waals surface area contributed by atoms with E-state index in [4.69, 9.17) is 4.98 Å². The third-order valence-electron chi connectivity index (χ3n) is 10.5. The van der Waals surface area contributed by atoms with Gasteiger partial charge in [-0.25, -0.2) is 4.98 Å².